The minimum absolute atomic E-state index is 0.0314. The van der Waals surface area contributed by atoms with Crippen LogP contribution >= 0.6 is 15.9 Å². The molecule has 21 heavy (non-hydrogen) atoms. The van der Waals surface area contributed by atoms with E-state index in [0.29, 0.717) is 11.3 Å². The molecule has 2 N–H and O–H groups in total. The van der Waals surface area contributed by atoms with Gasteiger partial charge in [0.25, 0.3) is 0 Å². The Morgan fingerprint density at radius 3 is 2.62 bits per heavy atom. The van der Waals surface area contributed by atoms with Crippen LogP contribution in [0.25, 0.3) is 0 Å². The third-order valence-electron chi connectivity index (χ3n) is 3.07. The average Bonchev–Trinajstić information content (AvgIpc) is 2.40. The summed E-state index contributed by atoms with van der Waals surface area (Å²) in [6.07, 6.45) is 0. The molecule has 0 aliphatic carbocycles. The largest absolute Gasteiger partial charge is 0.450 e. The van der Waals surface area contributed by atoms with E-state index in [1.165, 1.54) is 0 Å². The van der Waals surface area contributed by atoms with Gasteiger partial charge in [-0.1, -0.05) is 28.1 Å². The van der Waals surface area contributed by atoms with Crippen LogP contribution in [0.5, 0.6) is 11.5 Å². The lowest BCUT2D eigenvalue weighted by Crippen LogP contribution is -2.07. The molecule has 0 saturated heterocycles. The zero-order chi connectivity index (χ0) is 15.6. The molecule has 0 amide bonds. The topological polar surface area (TPSA) is 78.4 Å². The fourth-order valence-corrected chi connectivity index (χ4v) is 2.41. The van der Waals surface area contributed by atoms with Crippen molar-refractivity contribution in [3.05, 3.63) is 62.1 Å². The van der Waals surface area contributed by atoms with Crippen LogP contribution in [0.2, 0.25) is 0 Å². The molecule has 0 aliphatic rings. The summed E-state index contributed by atoms with van der Waals surface area (Å²) in [6.45, 7) is 3.51. The fourth-order valence-electron chi connectivity index (χ4n) is 2.03. The number of nitrogens with zero attached hydrogens (tertiary/aromatic N) is 1. The normalized spacial score (nSPS) is 12.0. The lowest BCUT2D eigenvalue weighted by Gasteiger charge is -2.14. The monoisotopic (exact) mass is 350 g/mol. The van der Waals surface area contributed by atoms with Gasteiger partial charge in [-0.15, -0.1) is 0 Å². The van der Waals surface area contributed by atoms with Gasteiger partial charge in [-0.2, -0.15) is 0 Å². The Morgan fingerprint density at radius 1 is 1.29 bits per heavy atom. The van der Waals surface area contributed by atoms with Gasteiger partial charge < -0.3 is 10.5 Å². The highest BCUT2D eigenvalue weighted by molar-refractivity contribution is 9.10. The second-order valence-corrected chi connectivity index (χ2v) is 5.67. The summed E-state index contributed by atoms with van der Waals surface area (Å²) in [4.78, 5) is 10.8. The van der Waals surface area contributed by atoms with E-state index in [1.807, 2.05) is 19.1 Å². The van der Waals surface area contributed by atoms with Crippen LogP contribution in [-0.2, 0) is 0 Å². The molecule has 5 nitrogen and oxygen atoms in total. The summed E-state index contributed by atoms with van der Waals surface area (Å²) >= 11 is 3.38. The van der Waals surface area contributed by atoms with E-state index in [1.54, 1.807) is 31.2 Å². The lowest BCUT2D eigenvalue weighted by atomic mass is 10.1. The Kier molecular flexibility index (Phi) is 4.59. The van der Waals surface area contributed by atoms with Crippen molar-refractivity contribution in [3.63, 3.8) is 0 Å². The van der Waals surface area contributed by atoms with E-state index in [0.717, 1.165) is 10.0 Å². The third kappa shape index (κ3) is 3.40. The van der Waals surface area contributed by atoms with Crippen LogP contribution in [0, 0.1) is 17.0 Å². The molecule has 2 rings (SSSR count). The molecule has 0 bridgehead atoms. The first-order valence-electron chi connectivity index (χ1n) is 6.37. The van der Waals surface area contributed by atoms with Crippen molar-refractivity contribution in [2.75, 3.05) is 0 Å². The molecule has 0 aromatic heterocycles. The number of benzene rings is 2. The number of para-hydroxylation sites is 1. The third-order valence-corrected chi connectivity index (χ3v) is 3.56. The molecule has 110 valence electrons. The smallest absolute Gasteiger partial charge is 0.314 e. The lowest BCUT2D eigenvalue weighted by molar-refractivity contribution is -0.386. The molecule has 1 unspecified atom stereocenters. The van der Waals surface area contributed by atoms with Crippen LogP contribution in [0.4, 0.5) is 5.69 Å². The molecule has 0 saturated carbocycles. The number of hydrogen-bond acceptors (Lipinski definition) is 4. The van der Waals surface area contributed by atoms with Crippen molar-refractivity contribution in [2.24, 2.45) is 5.73 Å². The van der Waals surface area contributed by atoms with Gasteiger partial charge in [0, 0.05) is 21.6 Å². The van der Waals surface area contributed by atoms with E-state index in [9.17, 15) is 10.1 Å². The first kappa shape index (κ1) is 15.5. The number of nitro groups is 1. The molecule has 0 fully saturated rings. The van der Waals surface area contributed by atoms with E-state index in [-0.39, 0.29) is 17.5 Å². The number of rotatable bonds is 4. The predicted molar refractivity (Wildman–Crippen MR) is 84.7 cm³/mol. The maximum Gasteiger partial charge on any atom is 0.314 e. The summed E-state index contributed by atoms with van der Waals surface area (Å²) in [6, 6.07) is 10.1. The van der Waals surface area contributed by atoms with Gasteiger partial charge in [-0.05, 0) is 38.1 Å². The standard InChI is InChI=1S/C15H15BrN2O3/c1-9-4-3-5-14(15(9)18(19)20)21-13-7-6-11(16)8-12(13)10(2)17/h3-8,10H,17H2,1-2H3. The van der Waals surface area contributed by atoms with E-state index >= 15 is 0 Å². The first-order valence-corrected chi connectivity index (χ1v) is 7.16. The summed E-state index contributed by atoms with van der Waals surface area (Å²) in [7, 11) is 0. The molecule has 0 heterocycles. The van der Waals surface area contributed by atoms with Crippen molar-refractivity contribution in [2.45, 2.75) is 19.9 Å². The Bertz CT molecular complexity index is 687. The Balaban J connectivity index is 2.49. The maximum atomic E-state index is 11.2. The molecule has 2 aromatic carbocycles. The molecule has 0 spiro atoms. The molecule has 2 aromatic rings. The quantitative estimate of drug-likeness (QED) is 0.651. The Hall–Kier alpha value is -1.92. The van der Waals surface area contributed by atoms with Crippen LogP contribution in [-0.4, -0.2) is 4.92 Å². The highest BCUT2D eigenvalue weighted by atomic mass is 79.9. The van der Waals surface area contributed by atoms with Crippen LogP contribution in [0.1, 0.15) is 24.1 Å². The number of aryl methyl sites for hydroxylation is 1. The van der Waals surface area contributed by atoms with Crippen LogP contribution < -0.4 is 10.5 Å². The summed E-state index contributed by atoms with van der Waals surface area (Å²) in [5.41, 5.74) is 7.23. The predicted octanol–water partition coefficient (Wildman–Crippen LogP) is 4.48. The maximum absolute atomic E-state index is 11.2. The van der Waals surface area contributed by atoms with Gasteiger partial charge in [0.15, 0.2) is 0 Å². The van der Waals surface area contributed by atoms with E-state index in [2.05, 4.69) is 15.9 Å². The molecule has 6 heteroatoms. The fraction of sp³-hybridized carbons (Fsp3) is 0.200. The minimum Gasteiger partial charge on any atom is -0.450 e. The van der Waals surface area contributed by atoms with Gasteiger partial charge in [0.2, 0.25) is 5.75 Å². The SMILES string of the molecule is Cc1cccc(Oc2ccc(Br)cc2C(C)N)c1[N+](=O)[O-]. The van der Waals surface area contributed by atoms with E-state index in [4.69, 9.17) is 10.5 Å². The number of halogens is 1. The Morgan fingerprint density at radius 2 is 2.00 bits per heavy atom. The van der Waals surface area contributed by atoms with Crippen molar-refractivity contribution < 1.29 is 9.66 Å². The van der Waals surface area contributed by atoms with Crippen molar-refractivity contribution in [1.82, 2.24) is 0 Å². The molecule has 1 atom stereocenters. The summed E-state index contributed by atoms with van der Waals surface area (Å²) in [5.74, 6) is 0.728. The van der Waals surface area contributed by atoms with Crippen molar-refractivity contribution >= 4 is 21.6 Å². The highest BCUT2D eigenvalue weighted by Gasteiger charge is 2.20. The second-order valence-electron chi connectivity index (χ2n) is 4.75. The zero-order valence-corrected chi connectivity index (χ0v) is 13.3. The number of hydrogen-bond donors (Lipinski definition) is 1. The first-order chi connectivity index (χ1) is 9.90. The second kappa shape index (κ2) is 6.24. The van der Waals surface area contributed by atoms with Gasteiger partial charge in [-0.3, -0.25) is 10.1 Å². The van der Waals surface area contributed by atoms with Crippen molar-refractivity contribution in [1.29, 1.82) is 0 Å². The molecule has 0 radical (unpaired) electrons. The molecular weight excluding hydrogens is 336 g/mol. The molecule has 0 aliphatic heterocycles. The minimum atomic E-state index is -0.435. The van der Waals surface area contributed by atoms with Gasteiger partial charge in [0.1, 0.15) is 5.75 Å². The number of nitro benzene ring substituents is 1. The van der Waals surface area contributed by atoms with E-state index < -0.39 is 4.92 Å². The van der Waals surface area contributed by atoms with Crippen LogP contribution in [0.3, 0.4) is 0 Å². The number of nitrogens with two attached hydrogens (primary N) is 1. The summed E-state index contributed by atoms with van der Waals surface area (Å²) in [5, 5.41) is 11.2. The summed E-state index contributed by atoms with van der Waals surface area (Å²) < 4.78 is 6.63. The zero-order valence-electron chi connectivity index (χ0n) is 11.7. The average molecular weight is 351 g/mol. The van der Waals surface area contributed by atoms with Crippen LogP contribution in [0.15, 0.2) is 40.9 Å². The highest BCUT2D eigenvalue weighted by Crippen LogP contribution is 2.37. The Labute approximate surface area is 131 Å². The van der Waals surface area contributed by atoms with Gasteiger partial charge >= 0.3 is 5.69 Å². The van der Waals surface area contributed by atoms with Gasteiger partial charge in [0.05, 0.1) is 4.92 Å². The van der Waals surface area contributed by atoms with Gasteiger partial charge in [-0.25, -0.2) is 0 Å². The number of ether oxygens (including phenoxy) is 1. The molecular formula is C15H15BrN2O3. The van der Waals surface area contributed by atoms with Crippen molar-refractivity contribution in [3.8, 4) is 11.5 Å².